The van der Waals surface area contributed by atoms with Crippen molar-refractivity contribution in [2.75, 3.05) is 6.54 Å². The molecule has 3 aromatic rings. The van der Waals surface area contributed by atoms with Gasteiger partial charge in [-0.15, -0.1) is 0 Å². The summed E-state index contributed by atoms with van der Waals surface area (Å²) in [6.45, 7) is 5.06. The Morgan fingerprint density at radius 2 is 2.22 bits per heavy atom. The molecule has 0 aliphatic rings. The molecule has 0 aromatic carbocycles. The monoisotopic (exact) mass is 332 g/mol. The van der Waals surface area contributed by atoms with Crippen LogP contribution < -0.4 is 5.32 Å². The predicted molar refractivity (Wildman–Crippen MR) is 86.6 cm³/mol. The van der Waals surface area contributed by atoms with Gasteiger partial charge in [0.25, 0.3) is 5.91 Å². The molecule has 120 valence electrons. The lowest BCUT2D eigenvalue weighted by Crippen LogP contribution is -2.25. The first-order valence-corrected chi connectivity index (χ1v) is 7.72. The van der Waals surface area contributed by atoms with E-state index >= 15 is 0 Å². The van der Waals surface area contributed by atoms with E-state index in [0.29, 0.717) is 29.3 Å². The van der Waals surface area contributed by atoms with Crippen LogP contribution in [0.4, 0.5) is 0 Å². The highest BCUT2D eigenvalue weighted by atomic mass is 35.5. The van der Waals surface area contributed by atoms with E-state index in [0.717, 1.165) is 17.8 Å². The molecule has 3 aromatic heterocycles. The average Bonchev–Trinajstić information content (AvgIpc) is 3.09. The zero-order valence-electron chi connectivity index (χ0n) is 13.0. The number of fused-ring (bicyclic) bond motifs is 1. The van der Waals surface area contributed by atoms with E-state index in [2.05, 4.69) is 20.5 Å². The van der Waals surface area contributed by atoms with Crippen molar-refractivity contribution < 1.29 is 4.79 Å². The number of carbonyl (C=O) groups is 1. The summed E-state index contributed by atoms with van der Waals surface area (Å²) in [6, 6.07) is 1.77. The van der Waals surface area contributed by atoms with E-state index in [-0.39, 0.29) is 5.91 Å². The van der Waals surface area contributed by atoms with Crippen molar-refractivity contribution in [3.05, 3.63) is 46.6 Å². The first-order valence-electron chi connectivity index (χ1n) is 7.34. The van der Waals surface area contributed by atoms with Crippen LogP contribution in [0.3, 0.4) is 0 Å². The van der Waals surface area contributed by atoms with Gasteiger partial charge in [-0.2, -0.15) is 10.2 Å². The van der Waals surface area contributed by atoms with E-state index < -0.39 is 0 Å². The minimum absolute atomic E-state index is 0.176. The maximum Gasteiger partial charge on any atom is 0.256 e. The Morgan fingerprint density at radius 1 is 1.39 bits per heavy atom. The molecule has 3 rings (SSSR count). The fourth-order valence-electron chi connectivity index (χ4n) is 2.41. The van der Waals surface area contributed by atoms with Crippen molar-refractivity contribution in [3.63, 3.8) is 0 Å². The molecule has 0 radical (unpaired) electrons. The quantitative estimate of drug-likeness (QED) is 0.725. The van der Waals surface area contributed by atoms with Crippen LogP contribution in [0.1, 0.15) is 28.2 Å². The molecule has 23 heavy (non-hydrogen) atoms. The fraction of sp³-hybridized carbons (Fsp3) is 0.333. The second-order valence-corrected chi connectivity index (χ2v) is 5.64. The molecule has 0 spiro atoms. The topological polar surface area (TPSA) is 77.1 Å². The molecular weight excluding hydrogens is 316 g/mol. The van der Waals surface area contributed by atoms with E-state index in [1.165, 1.54) is 6.20 Å². The van der Waals surface area contributed by atoms with Gasteiger partial charge >= 0.3 is 0 Å². The molecule has 3 heterocycles. The van der Waals surface area contributed by atoms with Crippen molar-refractivity contribution in [2.45, 2.75) is 26.8 Å². The highest BCUT2D eigenvalue weighted by molar-refractivity contribution is 6.31. The highest BCUT2D eigenvalue weighted by Crippen LogP contribution is 2.18. The van der Waals surface area contributed by atoms with Crippen LogP contribution in [-0.4, -0.2) is 36.8 Å². The average molecular weight is 333 g/mol. The lowest BCUT2D eigenvalue weighted by molar-refractivity contribution is 0.0954. The van der Waals surface area contributed by atoms with Crippen LogP contribution in [0.2, 0.25) is 5.02 Å². The Kier molecular flexibility index (Phi) is 4.29. The van der Waals surface area contributed by atoms with Crippen molar-refractivity contribution >= 4 is 23.2 Å². The second kappa shape index (κ2) is 6.37. The largest absolute Gasteiger partial charge is 0.352 e. The number of hydrogen-bond donors (Lipinski definition) is 1. The van der Waals surface area contributed by atoms with E-state index in [4.69, 9.17) is 11.6 Å². The molecule has 0 fully saturated rings. The third-order valence-electron chi connectivity index (χ3n) is 3.65. The number of aromatic nitrogens is 5. The normalized spacial score (nSPS) is 11.1. The smallest absolute Gasteiger partial charge is 0.256 e. The zero-order valence-corrected chi connectivity index (χ0v) is 13.7. The fourth-order valence-corrected chi connectivity index (χ4v) is 2.54. The molecule has 1 amide bonds. The van der Waals surface area contributed by atoms with Gasteiger partial charge in [0.1, 0.15) is 5.56 Å². The molecular formula is C15H17ClN6O. The van der Waals surface area contributed by atoms with E-state index in [9.17, 15) is 4.79 Å². The molecule has 0 aliphatic carbocycles. The first-order chi connectivity index (χ1) is 11.1. The predicted octanol–water partition coefficient (Wildman–Crippen LogP) is 2.02. The van der Waals surface area contributed by atoms with Crippen LogP contribution in [-0.2, 0) is 6.54 Å². The summed E-state index contributed by atoms with van der Waals surface area (Å²) < 4.78 is 3.44. The summed E-state index contributed by atoms with van der Waals surface area (Å²) in [5.74, 6) is -0.176. The molecule has 0 bridgehead atoms. The van der Waals surface area contributed by atoms with Gasteiger partial charge in [0, 0.05) is 25.5 Å². The number of aryl methyl sites for hydroxylation is 2. The van der Waals surface area contributed by atoms with E-state index in [1.807, 2.05) is 18.5 Å². The number of carbonyl (C=O) groups excluding carboxylic acids is 1. The SMILES string of the molecule is Cc1nn(CCCNC(=O)c2cnn3cccnc23)c(C)c1Cl. The van der Waals surface area contributed by atoms with Gasteiger partial charge in [-0.3, -0.25) is 9.48 Å². The number of hydrogen-bond acceptors (Lipinski definition) is 4. The summed E-state index contributed by atoms with van der Waals surface area (Å²) >= 11 is 6.12. The standard InChI is InChI=1S/C15H17ClN6O/c1-10-13(16)11(2)21(20-10)7-4-6-18-15(23)12-9-19-22-8-3-5-17-14(12)22/h3,5,8-9H,4,6-7H2,1-2H3,(H,18,23). The molecule has 0 saturated carbocycles. The summed E-state index contributed by atoms with van der Waals surface area (Å²) in [6.07, 6.45) is 5.68. The molecule has 8 heteroatoms. The van der Waals surface area contributed by atoms with Crippen LogP contribution in [0, 0.1) is 13.8 Å². The van der Waals surface area contributed by atoms with Gasteiger partial charge < -0.3 is 5.32 Å². The third kappa shape index (κ3) is 3.05. The molecule has 1 N–H and O–H groups in total. The number of rotatable bonds is 5. The van der Waals surface area contributed by atoms with Crippen LogP contribution >= 0.6 is 11.6 Å². The summed E-state index contributed by atoms with van der Waals surface area (Å²) in [5, 5.41) is 12.1. The van der Waals surface area contributed by atoms with Crippen molar-refractivity contribution in [2.24, 2.45) is 0 Å². The van der Waals surface area contributed by atoms with Crippen molar-refractivity contribution in [3.8, 4) is 0 Å². The van der Waals surface area contributed by atoms with Gasteiger partial charge in [-0.25, -0.2) is 9.50 Å². The minimum Gasteiger partial charge on any atom is -0.352 e. The lowest BCUT2D eigenvalue weighted by atomic mass is 10.3. The number of nitrogens with zero attached hydrogens (tertiary/aromatic N) is 5. The van der Waals surface area contributed by atoms with Gasteiger partial charge in [-0.05, 0) is 26.3 Å². The van der Waals surface area contributed by atoms with Gasteiger partial charge in [0.05, 0.1) is 22.6 Å². The summed E-state index contributed by atoms with van der Waals surface area (Å²) in [5.41, 5.74) is 2.79. The minimum atomic E-state index is -0.176. The molecule has 0 aliphatic heterocycles. The molecule has 0 unspecified atom stereocenters. The van der Waals surface area contributed by atoms with Gasteiger partial charge in [0.2, 0.25) is 0 Å². The Bertz CT molecular complexity index is 853. The molecule has 7 nitrogen and oxygen atoms in total. The highest BCUT2D eigenvalue weighted by Gasteiger charge is 2.13. The van der Waals surface area contributed by atoms with Crippen LogP contribution in [0.15, 0.2) is 24.7 Å². The van der Waals surface area contributed by atoms with Crippen molar-refractivity contribution in [1.29, 1.82) is 0 Å². The number of amides is 1. The summed E-state index contributed by atoms with van der Waals surface area (Å²) in [4.78, 5) is 16.4. The maximum atomic E-state index is 12.2. The van der Waals surface area contributed by atoms with Crippen LogP contribution in [0.25, 0.3) is 5.65 Å². The Labute approximate surface area is 138 Å². The van der Waals surface area contributed by atoms with E-state index in [1.54, 1.807) is 23.0 Å². The number of halogens is 1. The molecule has 0 atom stereocenters. The lowest BCUT2D eigenvalue weighted by Gasteiger charge is -2.06. The Hall–Kier alpha value is -2.41. The first kappa shape index (κ1) is 15.5. The maximum absolute atomic E-state index is 12.2. The van der Waals surface area contributed by atoms with Crippen LogP contribution in [0.5, 0.6) is 0 Å². The molecule has 0 saturated heterocycles. The Morgan fingerprint density at radius 3 is 2.96 bits per heavy atom. The zero-order chi connectivity index (χ0) is 16.4. The van der Waals surface area contributed by atoms with Gasteiger partial charge in [0.15, 0.2) is 5.65 Å². The summed E-state index contributed by atoms with van der Waals surface area (Å²) in [7, 11) is 0. The second-order valence-electron chi connectivity index (χ2n) is 5.26. The Balaban J connectivity index is 1.56. The van der Waals surface area contributed by atoms with Crippen molar-refractivity contribution in [1.82, 2.24) is 29.7 Å². The third-order valence-corrected chi connectivity index (χ3v) is 4.20. The van der Waals surface area contributed by atoms with Gasteiger partial charge in [-0.1, -0.05) is 11.6 Å². The number of nitrogens with one attached hydrogen (secondary N) is 1.